The average Bonchev–Trinajstić information content (AvgIpc) is 3.25. The molecule has 4 rings (SSSR count). The van der Waals surface area contributed by atoms with E-state index in [0.29, 0.717) is 17.7 Å². The van der Waals surface area contributed by atoms with Crippen LogP contribution in [0.3, 0.4) is 0 Å². The summed E-state index contributed by atoms with van der Waals surface area (Å²) in [6, 6.07) is 11.8. The molecule has 22 heavy (non-hydrogen) atoms. The quantitative estimate of drug-likeness (QED) is 0.535. The molecule has 0 amide bonds. The van der Waals surface area contributed by atoms with Gasteiger partial charge in [0.2, 0.25) is 0 Å². The summed E-state index contributed by atoms with van der Waals surface area (Å²) in [5.41, 5.74) is 0.943. The van der Waals surface area contributed by atoms with Crippen LogP contribution in [0.4, 0.5) is 0 Å². The maximum absolute atomic E-state index is 5.71. The molecule has 0 unspecified atom stereocenters. The molecular weight excluding hydrogens is 296 g/mol. The maximum Gasteiger partial charge on any atom is 0.197 e. The van der Waals surface area contributed by atoms with Gasteiger partial charge in [0.25, 0.3) is 0 Å². The molecule has 112 valence electrons. The number of rotatable bonds is 4. The van der Waals surface area contributed by atoms with Gasteiger partial charge in [0.1, 0.15) is 5.03 Å². The van der Waals surface area contributed by atoms with Gasteiger partial charge in [-0.2, -0.15) is 0 Å². The van der Waals surface area contributed by atoms with Crippen LogP contribution in [0, 0.1) is 0 Å². The first-order chi connectivity index (χ1) is 10.9. The number of furan rings is 1. The van der Waals surface area contributed by atoms with Crippen LogP contribution in [0.2, 0.25) is 0 Å². The van der Waals surface area contributed by atoms with Crippen molar-refractivity contribution < 1.29 is 9.15 Å². The maximum atomic E-state index is 5.71. The topological polar surface area (TPSA) is 48.2 Å². The van der Waals surface area contributed by atoms with Crippen molar-refractivity contribution in [2.24, 2.45) is 0 Å². The molecule has 1 aliphatic rings. The van der Waals surface area contributed by atoms with Crippen molar-refractivity contribution in [1.82, 2.24) is 9.97 Å². The number of ether oxygens (including phenoxy) is 1. The second-order valence-electron chi connectivity index (χ2n) is 5.29. The minimum absolute atomic E-state index is 0.339. The van der Waals surface area contributed by atoms with Crippen LogP contribution in [0.1, 0.15) is 12.8 Å². The van der Waals surface area contributed by atoms with Crippen LogP contribution in [0.25, 0.3) is 22.5 Å². The Balaban J connectivity index is 1.70. The van der Waals surface area contributed by atoms with Crippen LogP contribution in [-0.4, -0.2) is 28.4 Å². The number of para-hydroxylation sites is 1. The Kier molecular flexibility index (Phi) is 3.83. The van der Waals surface area contributed by atoms with Crippen molar-refractivity contribution in [3.63, 3.8) is 0 Å². The third kappa shape index (κ3) is 2.74. The van der Waals surface area contributed by atoms with Crippen molar-refractivity contribution in [2.75, 3.05) is 12.4 Å². The average molecular weight is 312 g/mol. The van der Waals surface area contributed by atoms with Gasteiger partial charge < -0.3 is 9.15 Å². The van der Waals surface area contributed by atoms with Crippen molar-refractivity contribution in [2.45, 2.75) is 24.0 Å². The summed E-state index contributed by atoms with van der Waals surface area (Å²) in [6.07, 6.45) is 4.28. The van der Waals surface area contributed by atoms with E-state index in [-0.39, 0.29) is 0 Å². The summed E-state index contributed by atoms with van der Waals surface area (Å²) in [5, 5.41) is 2.08. The SMILES string of the molecule is c1coc(-c2nc(SC[C@@H]3CCCO3)c3ccccc3n2)c1. The first-order valence-corrected chi connectivity index (χ1v) is 8.44. The van der Waals surface area contributed by atoms with Crippen LogP contribution in [-0.2, 0) is 4.74 Å². The first kappa shape index (κ1) is 13.8. The summed E-state index contributed by atoms with van der Waals surface area (Å²) >= 11 is 1.74. The van der Waals surface area contributed by atoms with Gasteiger partial charge in [0, 0.05) is 17.7 Å². The monoisotopic (exact) mass is 312 g/mol. The fourth-order valence-electron chi connectivity index (χ4n) is 2.62. The highest BCUT2D eigenvalue weighted by atomic mass is 32.2. The zero-order valence-corrected chi connectivity index (χ0v) is 12.9. The Labute approximate surface area is 132 Å². The van der Waals surface area contributed by atoms with E-state index in [4.69, 9.17) is 14.1 Å². The fourth-order valence-corrected chi connectivity index (χ4v) is 3.71. The van der Waals surface area contributed by atoms with E-state index in [1.54, 1.807) is 18.0 Å². The van der Waals surface area contributed by atoms with Crippen molar-refractivity contribution >= 4 is 22.7 Å². The number of hydrogen-bond acceptors (Lipinski definition) is 5. The van der Waals surface area contributed by atoms with E-state index < -0.39 is 0 Å². The Morgan fingerprint density at radius 2 is 2.09 bits per heavy atom. The minimum atomic E-state index is 0.339. The number of aromatic nitrogens is 2. The summed E-state index contributed by atoms with van der Waals surface area (Å²) < 4.78 is 11.1. The molecular formula is C17H16N2O2S. The third-order valence-corrected chi connectivity index (χ3v) is 4.86. The molecule has 1 fully saturated rings. The highest BCUT2D eigenvalue weighted by Gasteiger charge is 2.18. The zero-order chi connectivity index (χ0) is 14.8. The molecule has 1 saturated heterocycles. The number of fused-ring (bicyclic) bond motifs is 1. The van der Waals surface area contributed by atoms with E-state index in [0.717, 1.165) is 41.1 Å². The Morgan fingerprint density at radius 1 is 1.14 bits per heavy atom. The molecule has 1 atom stereocenters. The lowest BCUT2D eigenvalue weighted by atomic mass is 10.2. The molecule has 4 nitrogen and oxygen atoms in total. The first-order valence-electron chi connectivity index (χ1n) is 7.45. The van der Waals surface area contributed by atoms with Crippen LogP contribution >= 0.6 is 11.8 Å². The molecule has 0 saturated carbocycles. The molecule has 3 aromatic rings. The van der Waals surface area contributed by atoms with Crippen LogP contribution in [0.15, 0.2) is 52.1 Å². The van der Waals surface area contributed by atoms with Crippen molar-refractivity contribution in [3.8, 4) is 11.6 Å². The molecule has 1 aliphatic heterocycles. The molecule has 0 N–H and O–H groups in total. The molecule has 2 aromatic heterocycles. The van der Waals surface area contributed by atoms with E-state index >= 15 is 0 Å². The van der Waals surface area contributed by atoms with Gasteiger partial charge in [0.15, 0.2) is 11.6 Å². The van der Waals surface area contributed by atoms with Gasteiger partial charge in [-0.15, -0.1) is 11.8 Å². The molecule has 0 radical (unpaired) electrons. The van der Waals surface area contributed by atoms with Crippen molar-refractivity contribution in [3.05, 3.63) is 42.7 Å². The number of thioether (sulfide) groups is 1. The molecule has 1 aromatic carbocycles. The van der Waals surface area contributed by atoms with Crippen LogP contribution < -0.4 is 0 Å². The normalized spacial score (nSPS) is 18.1. The smallest absolute Gasteiger partial charge is 0.197 e. The standard InChI is InChI=1S/C17H16N2O2S/c1-2-7-14-13(6-1)17(22-11-12-5-3-9-20-12)19-16(18-14)15-8-4-10-21-15/h1-2,4,6-8,10,12H,3,5,9,11H2/t12-/m0/s1. The molecule has 0 spiro atoms. The Bertz CT molecular complexity index is 767. The number of nitrogens with zero attached hydrogens (tertiary/aromatic N) is 2. The van der Waals surface area contributed by atoms with Gasteiger partial charge in [0.05, 0.1) is 17.9 Å². The second kappa shape index (κ2) is 6.10. The van der Waals surface area contributed by atoms with E-state index in [9.17, 15) is 0 Å². The zero-order valence-electron chi connectivity index (χ0n) is 12.1. The van der Waals surface area contributed by atoms with Gasteiger partial charge in [-0.3, -0.25) is 0 Å². The second-order valence-corrected chi connectivity index (χ2v) is 6.30. The van der Waals surface area contributed by atoms with E-state index in [1.165, 1.54) is 0 Å². The van der Waals surface area contributed by atoms with E-state index in [1.807, 2.05) is 30.3 Å². The van der Waals surface area contributed by atoms with Gasteiger partial charge in [-0.05, 0) is 31.0 Å². The van der Waals surface area contributed by atoms with Gasteiger partial charge in [-0.1, -0.05) is 18.2 Å². The third-order valence-electron chi connectivity index (χ3n) is 3.74. The molecule has 0 bridgehead atoms. The van der Waals surface area contributed by atoms with E-state index in [2.05, 4.69) is 11.1 Å². The largest absolute Gasteiger partial charge is 0.461 e. The molecule has 5 heteroatoms. The highest BCUT2D eigenvalue weighted by molar-refractivity contribution is 7.99. The molecule has 3 heterocycles. The summed E-state index contributed by atoms with van der Waals surface area (Å²) in [6.45, 7) is 0.882. The predicted octanol–water partition coefficient (Wildman–Crippen LogP) is 4.16. The lowest BCUT2D eigenvalue weighted by Gasteiger charge is -2.10. The van der Waals surface area contributed by atoms with Gasteiger partial charge >= 0.3 is 0 Å². The molecule has 0 aliphatic carbocycles. The highest BCUT2D eigenvalue weighted by Crippen LogP contribution is 2.30. The predicted molar refractivity (Wildman–Crippen MR) is 86.9 cm³/mol. The van der Waals surface area contributed by atoms with Crippen molar-refractivity contribution in [1.29, 1.82) is 0 Å². The summed E-state index contributed by atoms with van der Waals surface area (Å²) in [4.78, 5) is 9.32. The summed E-state index contributed by atoms with van der Waals surface area (Å²) in [7, 11) is 0. The fraction of sp³-hybridized carbons (Fsp3) is 0.294. The number of benzene rings is 1. The number of hydrogen-bond donors (Lipinski definition) is 0. The Hall–Kier alpha value is -1.85. The van der Waals surface area contributed by atoms with Gasteiger partial charge in [-0.25, -0.2) is 9.97 Å². The van der Waals surface area contributed by atoms with Crippen LogP contribution in [0.5, 0.6) is 0 Å². The minimum Gasteiger partial charge on any atom is -0.461 e. The Morgan fingerprint density at radius 3 is 2.91 bits per heavy atom. The summed E-state index contributed by atoms with van der Waals surface area (Å²) in [5.74, 6) is 2.27. The lowest BCUT2D eigenvalue weighted by Crippen LogP contribution is -2.08. The lowest BCUT2D eigenvalue weighted by molar-refractivity contribution is 0.129.